The van der Waals surface area contributed by atoms with Crippen molar-refractivity contribution < 1.29 is 20.1 Å². The molecule has 0 aliphatic rings. The minimum Gasteiger partial charge on any atom is -0.358 e. The molecule has 0 aliphatic carbocycles. The summed E-state index contributed by atoms with van der Waals surface area (Å²) in [6.45, 7) is 19.4. The molecule has 0 aliphatic heterocycles. The Morgan fingerprint density at radius 2 is 0.875 bits per heavy atom. The Balaban J connectivity index is -0.000000845. The van der Waals surface area contributed by atoms with Crippen molar-refractivity contribution >= 4 is 15.8 Å². The van der Waals surface area contributed by atoms with E-state index < -0.39 is 0 Å². The summed E-state index contributed by atoms with van der Waals surface area (Å²) >= 11 is 0. The molecule has 0 bridgehead atoms. The van der Waals surface area contributed by atoms with Crippen LogP contribution in [0.1, 0.15) is 41.5 Å². The largest absolute Gasteiger partial charge is 0.358 e. The van der Waals surface area contributed by atoms with Crippen molar-refractivity contribution in [3.63, 3.8) is 0 Å². The van der Waals surface area contributed by atoms with Crippen molar-refractivity contribution in [2.24, 2.45) is 0 Å². The van der Waals surface area contributed by atoms with Crippen molar-refractivity contribution in [1.82, 2.24) is 0 Å². The average Bonchev–Trinajstić information content (AvgIpc) is 1.95. The minimum absolute atomic E-state index is 0. The molecule has 0 aromatic rings. The Kier molecular flexibility index (Phi) is 12.2. The summed E-state index contributed by atoms with van der Waals surface area (Å²) in [6.07, 6.45) is 3.02. The van der Waals surface area contributed by atoms with E-state index in [2.05, 4.69) is 54.9 Å². The van der Waals surface area contributed by atoms with Crippen LogP contribution in [0, 0.1) is 7.43 Å². The van der Waals surface area contributed by atoms with Crippen LogP contribution in [0.25, 0.3) is 0 Å². The van der Waals surface area contributed by atoms with Gasteiger partial charge in [-0.1, -0.05) is 0 Å². The number of hydrogen-bond acceptors (Lipinski definition) is 0. The fraction of sp³-hybridized carbons (Fsp3) is 0.923. The topological polar surface area (TPSA) is 0 Å². The second-order valence-corrected chi connectivity index (χ2v) is 13.7. The standard InChI is InChI=1S/C12H28P2.CH3.Ir/c1-11(2,3)13(7)9-10-14(8)12(4,5)6;;/h9-10H2,1-8H3;1H3;/q;-1;/p+2. The van der Waals surface area contributed by atoms with Gasteiger partial charge in [0.1, 0.15) is 0 Å². The van der Waals surface area contributed by atoms with Crippen molar-refractivity contribution in [2.75, 3.05) is 25.7 Å². The van der Waals surface area contributed by atoms with E-state index in [0.29, 0.717) is 10.3 Å². The SMILES string of the molecule is C[PH+](CC[PH+](C)C(C)(C)C)C(C)(C)C.[CH3-].[Ir]. The molecular weight excluding hydrogens is 410 g/mol. The zero-order valence-corrected chi connectivity index (χ0v) is 17.1. The molecule has 103 valence electrons. The van der Waals surface area contributed by atoms with Crippen LogP contribution >= 0.6 is 15.8 Å². The Hall–Kier alpha value is 1.51. The number of rotatable bonds is 3. The zero-order valence-electron chi connectivity index (χ0n) is 12.7. The van der Waals surface area contributed by atoms with Crippen LogP contribution in [-0.2, 0) is 20.1 Å². The van der Waals surface area contributed by atoms with Crippen LogP contribution in [0.4, 0.5) is 0 Å². The Morgan fingerprint density at radius 3 is 1.00 bits per heavy atom. The summed E-state index contributed by atoms with van der Waals surface area (Å²) in [6, 6.07) is 0. The van der Waals surface area contributed by atoms with E-state index in [4.69, 9.17) is 0 Å². The maximum absolute atomic E-state index is 2.50. The van der Waals surface area contributed by atoms with Gasteiger partial charge in [-0.05, 0) is 41.5 Å². The van der Waals surface area contributed by atoms with Crippen LogP contribution in [0.3, 0.4) is 0 Å². The molecule has 16 heavy (non-hydrogen) atoms. The molecule has 1 radical (unpaired) electrons. The molecule has 0 amide bonds. The predicted molar refractivity (Wildman–Crippen MR) is 84.1 cm³/mol. The summed E-state index contributed by atoms with van der Waals surface area (Å²) in [5.41, 5.74) is 0. The van der Waals surface area contributed by atoms with Crippen LogP contribution in [-0.4, -0.2) is 36.0 Å². The van der Waals surface area contributed by atoms with Gasteiger partial charge in [0.2, 0.25) is 0 Å². The maximum Gasteiger partial charge on any atom is 0.0907 e. The molecule has 0 nitrogen and oxygen atoms in total. The summed E-state index contributed by atoms with van der Waals surface area (Å²) in [7, 11) is -0.269. The fourth-order valence-corrected chi connectivity index (χ4v) is 5.62. The maximum atomic E-state index is 2.50. The molecule has 0 rings (SSSR count). The second kappa shape index (κ2) is 8.58. The molecule has 0 saturated carbocycles. The molecule has 0 heterocycles. The Morgan fingerprint density at radius 1 is 0.688 bits per heavy atom. The van der Waals surface area contributed by atoms with Crippen molar-refractivity contribution in [3.05, 3.63) is 7.43 Å². The molecule has 2 unspecified atom stereocenters. The summed E-state index contributed by atoms with van der Waals surface area (Å²) < 4.78 is 0. The zero-order chi connectivity index (χ0) is 11.6. The molecular formula is C13H33IrP2+. The summed E-state index contributed by atoms with van der Waals surface area (Å²) in [5, 5.41) is 1.18. The van der Waals surface area contributed by atoms with Gasteiger partial charge in [0.25, 0.3) is 0 Å². The first kappa shape index (κ1) is 22.7. The normalized spacial score (nSPS) is 15.8. The van der Waals surface area contributed by atoms with Crippen LogP contribution in [0.2, 0.25) is 0 Å². The fourth-order valence-electron chi connectivity index (χ4n) is 1.12. The van der Waals surface area contributed by atoms with Gasteiger partial charge in [-0.15, -0.1) is 0 Å². The molecule has 2 atom stereocenters. The molecule has 0 saturated heterocycles. The molecule has 0 spiro atoms. The van der Waals surface area contributed by atoms with E-state index in [-0.39, 0.29) is 43.4 Å². The molecule has 0 aromatic heterocycles. The van der Waals surface area contributed by atoms with Gasteiger partial charge < -0.3 is 7.43 Å². The van der Waals surface area contributed by atoms with Gasteiger partial charge in [0, 0.05) is 49.3 Å². The van der Waals surface area contributed by atoms with Crippen molar-refractivity contribution in [2.45, 2.75) is 51.9 Å². The molecule has 0 aromatic carbocycles. The summed E-state index contributed by atoms with van der Waals surface area (Å²) in [5.74, 6) is 0. The second-order valence-electron chi connectivity index (χ2n) is 6.56. The first-order valence-electron chi connectivity index (χ1n) is 5.71. The molecule has 3 heteroatoms. The van der Waals surface area contributed by atoms with E-state index in [0.717, 1.165) is 0 Å². The van der Waals surface area contributed by atoms with E-state index >= 15 is 0 Å². The van der Waals surface area contributed by atoms with Gasteiger partial charge >= 0.3 is 0 Å². The van der Waals surface area contributed by atoms with Crippen LogP contribution in [0.5, 0.6) is 0 Å². The van der Waals surface area contributed by atoms with Gasteiger partial charge in [-0.25, -0.2) is 0 Å². The third-order valence-electron chi connectivity index (χ3n) is 3.44. The third-order valence-corrected chi connectivity index (χ3v) is 11.1. The van der Waals surface area contributed by atoms with E-state index in [1.54, 1.807) is 0 Å². The summed E-state index contributed by atoms with van der Waals surface area (Å²) in [4.78, 5) is 0. The van der Waals surface area contributed by atoms with E-state index in [1.165, 1.54) is 12.3 Å². The van der Waals surface area contributed by atoms with Crippen molar-refractivity contribution in [3.8, 4) is 0 Å². The Bertz CT molecular complexity index is 148. The predicted octanol–water partition coefficient (Wildman–Crippen LogP) is 4.72. The molecule has 0 fully saturated rings. The van der Waals surface area contributed by atoms with Gasteiger partial charge in [0.15, 0.2) is 0 Å². The van der Waals surface area contributed by atoms with Gasteiger partial charge in [-0.3, -0.25) is 0 Å². The average molecular weight is 444 g/mol. The van der Waals surface area contributed by atoms with Gasteiger partial charge in [-0.2, -0.15) is 0 Å². The number of hydrogen-bond donors (Lipinski definition) is 0. The van der Waals surface area contributed by atoms with E-state index in [9.17, 15) is 0 Å². The third kappa shape index (κ3) is 9.53. The van der Waals surface area contributed by atoms with Crippen LogP contribution in [0.15, 0.2) is 0 Å². The van der Waals surface area contributed by atoms with E-state index in [1.807, 2.05) is 0 Å². The molecule has 0 N–H and O–H groups in total. The monoisotopic (exact) mass is 444 g/mol. The first-order valence-corrected chi connectivity index (χ1v) is 10.1. The quantitative estimate of drug-likeness (QED) is 0.437. The first-order chi connectivity index (χ1) is 6.05. The van der Waals surface area contributed by atoms with Crippen molar-refractivity contribution in [1.29, 1.82) is 0 Å². The minimum atomic E-state index is -0.134. The van der Waals surface area contributed by atoms with Gasteiger partial charge in [0.05, 0.1) is 22.6 Å². The van der Waals surface area contributed by atoms with Crippen LogP contribution < -0.4 is 0 Å². The Labute approximate surface area is 121 Å². The smallest absolute Gasteiger partial charge is 0.0907 e.